The van der Waals surface area contributed by atoms with Crippen LogP contribution in [-0.2, 0) is 4.79 Å². The number of benzene rings is 1. The first-order valence-electron chi connectivity index (χ1n) is 7.95. The van der Waals surface area contributed by atoms with Crippen molar-refractivity contribution >= 4 is 16.7 Å². The Morgan fingerprint density at radius 3 is 3.00 bits per heavy atom. The number of nitrogens with zero attached hydrogens (tertiary/aromatic N) is 2. The third kappa shape index (κ3) is 2.98. The number of fused-ring (bicyclic) bond motifs is 1. The molecule has 1 aromatic carbocycles. The summed E-state index contributed by atoms with van der Waals surface area (Å²) in [6.07, 6.45) is 3.12. The first-order chi connectivity index (χ1) is 11.7. The fourth-order valence-electron chi connectivity index (χ4n) is 3.09. The Balaban J connectivity index is 1.87. The van der Waals surface area contributed by atoms with Crippen LogP contribution < -0.4 is 14.8 Å². The van der Waals surface area contributed by atoms with E-state index in [0.717, 1.165) is 17.2 Å². The summed E-state index contributed by atoms with van der Waals surface area (Å²) in [5.41, 5.74) is 0.469. The van der Waals surface area contributed by atoms with E-state index >= 15 is 0 Å². The van der Waals surface area contributed by atoms with Gasteiger partial charge in [-0.25, -0.2) is 4.98 Å². The van der Waals surface area contributed by atoms with E-state index in [9.17, 15) is 10.1 Å². The molecular weight excluding hydrogens is 306 g/mol. The summed E-state index contributed by atoms with van der Waals surface area (Å²) < 4.78 is 11.2. The number of carbonyl (C=O) groups excluding carboxylic acids is 1. The van der Waals surface area contributed by atoms with E-state index in [1.165, 1.54) is 7.11 Å². The van der Waals surface area contributed by atoms with Gasteiger partial charge in [0, 0.05) is 18.0 Å². The monoisotopic (exact) mass is 325 g/mol. The van der Waals surface area contributed by atoms with Crippen molar-refractivity contribution in [3.63, 3.8) is 0 Å². The van der Waals surface area contributed by atoms with Gasteiger partial charge in [-0.3, -0.25) is 4.79 Å². The van der Waals surface area contributed by atoms with Gasteiger partial charge in [-0.05, 0) is 29.5 Å². The van der Waals surface area contributed by atoms with Crippen molar-refractivity contribution < 1.29 is 14.3 Å². The summed E-state index contributed by atoms with van der Waals surface area (Å²) in [6.45, 7) is 2.45. The molecule has 0 radical (unpaired) electrons. The zero-order valence-electron chi connectivity index (χ0n) is 13.7. The van der Waals surface area contributed by atoms with E-state index in [1.807, 2.05) is 6.07 Å². The van der Waals surface area contributed by atoms with Crippen LogP contribution in [0.2, 0.25) is 0 Å². The number of nitriles is 1. The Morgan fingerprint density at radius 2 is 2.29 bits per heavy atom. The molecule has 0 saturated carbocycles. The summed E-state index contributed by atoms with van der Waals surface area (Å²) >= 11 is 0. The first-order valence-corrected chi connectivity index (χ1v) is 7.95. The second-order valence-electron chi connectivity index (χ2n) is 5.86. The molecule has 2 unspecified atom stereocenters. The van der Waals surface area contributed by atoms with Crippen molar-refractivity contribution in [3.8, 4) is 17.7 Å². The molecule has 6 heteroatoms. The molecule has 2 heterocycles. The van der Waals surface area contributed by atoms with Gasteiger partial charge < -0.3 is 14.8 Å². The molecule has 6 nitrogen and oxygen atoms in total. The molecule has 1 aliphatic rings. The molecule has 0 aliphatic carbocycles. The fourth-order valence-corrected chi connectivity index (χ4v) is 3.09. The van der Waals surface area contributed by atoms with Crippen molar-refractivity contribution in [1.29, 1.82) is 5.26 Å². The van der Waals surface area contributed by atoms with Gasteiger partial charge >= 0.3 is 0 Å². The maximum atomic E-state index is 11.6. The van der Waals surface area contributed by atoms with E-state index in [4.69, 9.17) is 9.47 Å². The van der Waals surface area contributed by atoms with Crippen molar-refractivity contribution in [2.24, 2.45) is 5.92 Å². The van der Waals surface area contributed by atoms with E-state index < -0.39 is 0 Å². The number of pyridine rings is 1. The molecule has 3 rings (SSSR count). The van der Waals surface area contributed by atoms with Gasteiger partial charge in [0.2, 0.25) is 11.8 Å². The largest absolute Gasteiger partial charge is 0.495 e. The lowest BCUT2D eigenvalue weighted by atomic mass is 9.98. The molecule has 1 fully saturated rings. The molecule has 0 bridgehead atoms. The predicted molar refractivity (Wildman–Crippen MR) is 88.8 cm³/mol. The lowest BCUT2D eigenvalue weighted by Crippen LogP contribution is -2.34. The van der Waals surface area contributed by atoms with Crippen LogP contribution in [0.4, 0.5) is 0 Å². The highest BCUT2D eigenvalue weighted by Gasteiger charge is 2.31. The molecule has 1 saturated heterocycles. The Hall–Kier alpha value is -2.81. The van der Waals surface area contributed by atoms with Crippen LogP contribution >= 0.6 is 0 Å². The molecule has 1 amide bonds. The fraction of sp³-hybridized carbons (Fsp3) is 0.389. The van der Waals surface area contributed by atoms with Gasteiger partial charge in [0.1, 0.15) is 18.4 Å². The number of aromatic nitrogens is 1. The summed E-state index contributed by atoms with van der Waals surface area (Å²) in [4.78, 5) is 15.9. The highest BCUT2D eigenvalue weighted by atomic mass is 16.5. The average molecular weight is 325 g/mol. The summed E-state index contributed by atoms with van der Waals surface area (Å²) in [7, 11) is 1.53. The standard InChI is InChI=1S/C18H19N3O3/c1-3-11-7-17(22)21-15(11)10-24-18-14-8-16(23-2)13(9-19)6-12(14)4-5-20-18/h4-6,8,11,15H,3,7,10H2,1-2H3,(H,21,22). The van der Waals surface area contributed by atoms with Gasteiger partial charge in [-0.15, -0.1) is 0 Å². The van der Waals surface area contributed by atoms with Crippen molar-refractivity contribution in [2.75, 3.05) is 13.7 Å². The van der Waals surface area contributed by atoms with Crippen LogP contribution in [0, 0.1) is 17.2 Å². The predicted octanol–water partition coefficient (Wildman–Crippen LogP) is 2.41. The van der Waals surface area contributed by atoms with Crippen LogP contribution in [0.5, 0.6) is 11.6 Å². The summed E-state index contributed by atoms with van der Waals surface area (Å²) in [5, 5.41) is 13.8. The number of rotatable bonds is 5. The lowest BCUT2D eigenvalue weighted by Gasteiger charge is -2.18. The molecule has 124 valence electrons. The van der Waals surface area contributed by atoms with Crippen LogP contribution in [0.1, 0.15) is 25.3 Å². The molecule has 24 heavy (non-hydrogen) atoms. The van der Waals surface area contributed by atoms with E-state index in [1.54, 1.807) is 18.3 Å². The number of hydrogen-bond donors (Lipinski definition) is 1. The van der Waals surface area contributed by atoms with Crippen LogP contribution in [0.15, 0.2) is 24.4 Å². The van der Waals surface area contributed by atoms with Gasteiger partial charge in [0.05, 0.1) is 18.7 Å². The minimum absolute atomic E-state index is 0.000154. The van der Waals surface area contributed by atoms with Crippen LogP contribution in [0.3, 0.4) is 0 Å². The number of nitrogens with one attached hydrogen (secondary N) is 1. The molecular formula is C18H19N3O3. The highest BCUT2D eigenvalue weighted by molar-refractivity contribution is 5.89. The smallest absolute Gasteiger partial charge is 0.221 e. The van der Waals surface area contributed by atoms with Crippen LogP contribution in [0.25, 0.3) is 10.8 Å². The Kier molecular flexibility index (Phi) is 4.52. The first kappa shape index (κ1) is 16.1. The number of ether oxygens (including phenoxy) is 2. The minimum atomic E-state index is -0.000154. The van der Waals surface area contributed by atoms with Gasteiger partial charge in [-0.2, -0.15) is 5.26 Å². The highest BCUT2D eigenvalue weighted by Crippen LogP contribution is 2.31. The summed E-state index contributed by atoms with van der Waals surface area (Å²) in [5.74, 6) is 1.32. The van der Waals surface area contributed by atoms with Crippen molar-refractivity contribution in [1.82, 2.24) is 10.3 Å². The Morgan fingerprint density at radius 1 is 1.46 bits per heavy atom. The van der Waals surface area contributed by atoms with Gasteiger partial charge in [-0.1, -0.05) is 13.3 Å². The second-order valence-corrected chi connectivity index (χ2v) is 5.86. The molecule has 0 spiro atoms. The van der Waals surface area contributed by atoms with Gasteiger partial charge in [0.15, 0.2) is 0 Å². The van der Waals surface area contributed by atoms with E-state index in [2.05, 4.69) is 23.3 Å². The van der Waals surface area contributed by atoms with E-state index in [0.29, 0.717) is 30.2 Å². The van der Waals surface area contributed by atoms with Crippen LogP contribution in [-0.4, -0.2) is 30.6 Å². The minimum Gasteiger partial charge on any atom is -0.495 e. The van der Waals surface area contributed by atoms with Gasteiger partial charge in [0.25, 0.3) is 0 Å². The number of hydrogen-bond acceptors (Lipinski definition) is 5. The maximum Gasteiger partial charge on any atom is 0.221 e. The third-order valence-electron chi connectivity index (χ3n) is 4.46. The SMILES string of the molecule is CCC1CC(=O)NC1COc1nccc2cc(C#N)c(OC)cc12. The van der Waals surface area contributed by atoms with Crippen molar-refractivity contribution in [2.45, 2.75) is 25.8 Å². The number of methoxy groups -OCH3 is 1. The molecule has 2 atom stereocenters. The number of amides is 1. The lowest BCUT2D eigenvalue weighted by molar-refractivity contribution is -0.119. The molecule has 1 N–H and O–H groups in total. The zero-order chi connectivity index (χ0) is 17.1. The average Bonchev–Trinajstić information content (AvgIpc) is 2.98. The normalized spacial score (nSPS) is 19.8. The van der Waals surface area contributed by atoms with E-state index in [-0.39, 0.29) is 17.9 Å². The molecule has 1 aliphatic heterocycles. The Bertz CT molecular complexity index is 813. The molecule has 2 aromatic rings. The summed E-state index contributed by atoms with van der Waals surface area (Å²) in [6, 6.07) is 7.47. The quantitative estimate of drug-likeness (QED) is 0.912. The second kappa shape index (κ2) is 6.75. The topological polar surface area (TPSA) is 84.2 Å². The zero-order valence-corrected chi connectivity index (χ0v) is 13.7. The molecule has 1 aromatic heterocycles. The number of carbonyl (C=O) groups is 1. The maximum absolute atomic E-state index is 11.6. The Labute approximate surface area is 140 Å². The van der Waals surface area contributed by atoms with Crippen molar-refractivity contribution in [3.05, 3.63) is 30.0 Å². The third-order valence-corrected chi connectivity index (χ3v) is 4.46.